The third-order valence-electron chi connectivity index (χ3n) is 0.976. The van der Waals surface area contributed by atoms with Gasteiger partial charge < -0.3 is 16.3 Å². The second-order valence-electron chi connectivity index (χ2n) is 1.95. The molecule has 0 fully saturated rings. The average Bonchev–Trinajstić information content (AvgIpc) is 2.00. The van der Waals surface area contributed by atoms with Gasteiger partial charge in [-0.2, -0.15) is 0 Å². The number of nitrogens with two attached hydrogens (primary N) is 3. The van der Waals surface area contributed by atoms with E-state index >= 15 is 0 Å². The van der Waals surface area contributed by atoms with Crippen molar-refractivity contribution in [1.29, 1.82) is 0 Å². The molecule has 0 aromatic rings. The zero-order valence-corrected chi connectivity index (χ0v) is 6.42. The molecule has 0 aliphatic rings. The average molecular weight is 173 g/mol. The minimum atomic E-state index is -0.420. The summed E-state index contributed by atoms with van der Waals surface area (Å²) in [7, 11) is 0. The number of rotatable bonds is 5. The van der Waals surface area contributed by atoms with Crippen LogP contribution >= 0.6 is 0 Å². The zero-order chi connectivity index (χ0) is 9.40. The van der Waals surface area contributed by atoms with Crippen LogP contribution in [-0.2, 0) is 4.84 Å². The van der Waals surface area contributed by atoms with E-state index in [0.717, 1.165) is 0 Å². The highest BCUT2D eigenvalue weighted by Crippen LogP contribution is 1.91. The van der Waals surface area contributed by atoms with Crippen molar-refractivity contribution >= 4 is 5.96 Å². The molecule has 0 heterocycles. The Labute approximate surface area is 69.0 Å². The van der Waals surface area contributed by atoms with Gasteiger partial charge in [-0.1, -0.05) is 5.11 Å². The van der Waals surface area contributed by atoms with Crippen molar-refractivity contribution < 1.29 is 4.84 Å². The van der Waals surface area contributed by atoms with Gasteiger partial charge in [0.15, 0.2) is 5.96 Å². The molecule has 6 N–H and O–H groups in total. The van der Waals surface area contributed by atoms with E-state index in [1.165, 1.54) is 0 Å². The van der Waals surface area contributed by atoms with Crippen LogP contribution in [0.15, 0.2) is 10.1 Å². The number of azide groups is 1. The van der Waals surface area contributed by atoms with Gasteiger partial charge in [-0.25, -0.2) is 10.9 Å². The molecule has 8 nitrogen and oxygen atoms in total. The normalized spacial score (nSPS) is 11.4. The van der Waals surface area contributed by atoms with Crippen LogP contribution in [0.25, 0.3) is 10.4 Å². The Bertz CT molecular complexity index is 192. The minimum Gasteiger partial charge on any atom is -0.370 e. The molecule has 0 rings (SSSR count). The lowest BCUT2D eigenvalue weighted by atomic mass is 10.3. The van der Waals surface area contributed by atoms with Crippen molar-refractivity contribution in [2.24, 2.45) is 27.5 Å². The van der Waals surface area contributed by atoms with Crippen molar-refractivity contribution in [3.63, 3.8) is 0 Å². The fourth-order valence-corrected chi connectivity index (χ4v) is 0.583. The first kappa shape index (κ1) is 10.5. The van der Waals surface area contributed by atoms with Crippen LogP contribution in [0, 0.1) is 0 Å². The van der Waals surface area contributed by atoms with Crippen molar-refractivity contribution in [1.82, 2.24) is 0 Å². The Morgan fingerprint density at radius 3 is 2.67 bits per heavy atom. The fourth-order valence-electron chi connectivity index (χ4n) is 0.583. The Hall–Kier alpha value is -1.50. The molecule has 0 saturated heterocycles. The highest BCUT2D eigenvalue weighted by Gasteiger charge is 2.04. The number of aliphatic imine (C=N–C) groups is 1. The van der Waals surface area contributed by atoms with Crippen LogP contribution in [0.5, 0.6) is 0 Å². The molecule has 68 valence electrons. The van der Waals surface area contributed by atoms with Gasteiger partial charge >= 0.3 is 0 Å². The summed E-state index contributed by atoms with van der Waals surface area (Å²) in [4.78, 5) is 10.5. The molecular formula is C4H11N7O. The number of nitrogens with zero attached hydrogens (tertiary/aromatic N) is 4. The molecule has 0 aliphatic carbocycles. The van der Waals surface area contributed by atoms with E-state index in [-0.39, 0.29) is 19.1 Å². The van der Waals surface area contributed by atoms with E-state index in [1.54, 1.807) is 0 Å². The first-order valence-corrected chi connectivity index (χ1v) is 3.12. The molecule has 0 spiro atoms. The highest BCUT2D eigenvalue weighted by atomic mass is 16.6. The summed E-state index contributed by atoms with van der Waals surface area (Å²) in [5.74, 6) is 4.70. The van der Waals surface area contributed by atoms with Crippen molar-refractivity contribution in [2.45, 2.75) is 6.04 Å². The van der Waals surface area contributed by atoms with Crippen LogP contribution in [0.1, 0.15) is 0 Å². The fraction of sp³-hybridized carbons (Fsp3) is 0.750. The number of hydrogen-bond acceptors (Lipinski definition) is 4. The summed E-state index contributed by atoms with van der Waals surface area (Å²) in [6.45, 7) is 0.225. The maximum Gasteiger partial charge on any atom is 0.186 e. The number of guanidine groups is 1. The van der Waals surface area contributed by atoms with Gasteiger partial charge in [0.25, 0.3) is 0 Å². The van der Waals surface area contributed by atoms with E-state index < -0.39 is 6.04 Å². The standard InChI is InChI=1S/C4H11N7O/c5-4(6)10-3(2-12-8)1-9-11-7/h3H,1-2,8H2,(H4,5,6,10)/t3-/m1/s1. The lowest BCUT2D eigenvalue weighted by molar-refractivity contribution is 0.126. The SMILES string of the molecule is [N-]=[N+]=NC[C@H](CON)N=C(N)N. The third kappa shape index (κ3) is 5.30. The highest BCUT2D eigenvalue weighted by molar-refractivity contribution is 5.75. The van der Waals surface area contributed by atoms with Crippen LogP contribution in [0.4, 0.5) is 0 Å². The quantitative estimate of drug-likeness (QED) is 0.120. The maximum atomic E-state index is 7.99. The van der Waals surface area contributed by atoms with Crippen molar-refractivity contribution in [2.75, 3.05) is 13.2 Å². The third-order valence-corrected chi connectivity index (χ3v) is 0.976. The lowest BCUT2D eigenvalue weighted by Crippen LogP contribution is -2.29. The van der Waals surface area contributed by atoms with E-state index in [0.29, 0.717) is 0 Å². The van der Waals surface area contributed by atoms with E-state index in [4.69, 9.17) is 22.9 Å². The molecule has 0 amide bonds. The second-order valence-corrected chi connectivity index (χ2v) is 1.95. The van der Waals surface area contributed by atoms with E-state index in [9.17, 15) is 0 Å². The maximum absolute atomic E-state index is 7.99. The topological polar surface area (TPSA) is 148 Å². The summed E-state index contributed by atoms with van der Waals surface area (Å²) in [6, 6.07) is -0.420. The van der Waals surface area contributed by atoms with Crippen LogP contribution in [0.2, 0.25) is 0 Å². The molecule has 0 aliphatic heterocycles. The van der Waals surface area contributed by atoms with Crippen LogP contribution < -0.4 is 17.4 Å². The summed E-state index contributed by atoms with van der Waals surface area (Å²) in [5, 5.41) is 3.27. The summed E-state index contributed by atoms with van der Waals surface area (Å²) >= 11 is 0. The first-order valence-electron chi connectivity index (χ1n) is 3.12. The molecule has 0 unspecified atom stereocenters. The van der Waals surface area contributed by atoms with Crippen molar-refractivity contribution in [3.8, 4) is 0 Å². The molecule has 0 saturated carbocycles. The lowest BCUT2D eigenvalue weighted by Gasteiger charge is -2.06. The molecule has 12 heavy (non-hydrogen) atoms. The smallest absolute Gasteiger partial charge is 0.186 e. The predicted molar refractivity (Wildman–Crippen MR) is 43.8 cm³/mol. The number of hydrogen-bond donors (Lipinski definition) is 3. The monoisotopic (exact) mass is 173 g/mol. The molecule has 0 radical (unpaired) electrons. The van der Waals surface area contributed by atoms with Crippen molar-refractivity contribution in [3.05, 3.63) is 10.4 Å². The van der Waals surface area contributed by atoms with Gasteiger partial charge in [-0.15, -0.1) is 0 Å². The molecule has 1 atom stereocenters. The Morgan fingerprint density at radius 1 is 1.58 bits per heavy atom. The van der Waals surface area contributed by atoms with Crippen LogP contribution in [-0.4, -0.2) is 25.2 Å². The molecular weight excluding hydrogens is 162 g/mol. The van der Waals surface area contributed by atoms with E-state index in [2.05, 4.69) is 19.9 Å². The first-order chi connectivity index (χ1) is 5.70. The van der Waals surface area contributed by atoms with Crippen LogP contribution in [0.3, 0.4) is 0 Å². The van der Waals surface area contributed by atoms with E-state index in [1.807, 2.05) is 0 Å². The van der Waals surface area contributed by atoms with Gasteiger partial charge in [0, 0.05) is 4.91 Å². The van der Waals surface area contributed by atoms with Gasteiger partial charge in [0.1, 0.15) is 0 Å². The summed E-state index contributed by atoms with van der Waals surface area (Å²) in [5.41, 5.74) is 18.2. The van der Waals surface area contributed by atoms with Gasteiger partial charge in [-0.05, 0) is 5.53 Å². The molecule has 0 aromatic heterocycles. The summed E-state index contributed by atoms with van der Waals surface area (Å²) in [6.07, 6.45) is 0. The molecule has 8 heteroatoms. The summed E-state index contributed by atoms with van der Waals surface area (Å²) < 4.78 is 0. The van der Waals surface area contributed by atoms with Gasteiger partial charge in [0.05, 0.1) is 19.2 Å². The zero-order valence-electron chi connectivity index (χ0n) is 6.42. The van der Waals surface area contributed by atoms with Gasteiger partial charge in [-0.3, -0.25) is 0 Å². The largest absolute Gasteiger partial charge is 0.370 e. The Morgan fingerprint density at radius 2 is 2.25 bits per heavy atom. The minimum absolute atomic E-state index is 0.0924. The molecule has 0 aromatic carbocycles. The predicted octanol–water partition coefficient (Wildman–Crippen LogP) is -1.17. The van der Waals surface area contributed by atoms with Gasteiger partial charge in [0.2, 0.25) is 0 Å². The Balaban J connectivity index is 4.03. The Kier molecular flexibility index (Phi) is 5.45. The molecule has 0 bridgehead atoms. The second kappa shape index (κ2) is 6.23.